The summed E-state index contributed by atoms with van der Waals surface area (Å²) in [5.41, 5.74) is 6.21. The van der Waals surface area contributed by atoms with Gasteiger partial charge >= 0.3 is 0 Å². The molecule has 0 spiro atoms. The fourth-order valence-corrected chi connectivity index (χ4v) is 1.41. The third-order valence-electron chi connectivity index (χ3n) is 2.26. The average Bonchev–Trinajstić information content (AvgIpc) is 2.28. The zero-order valence-corrected chi connectivity index (χ0v) is 9.07. The second-order valence-electron chi connectivity index (χ2n) is 3.70. The number of nitrogens with one attached hydrogen (secondary N) is 1. The molecule has 0 fully saturated rings. The van der Waals surface area contributed by atoms with Crippen LogP contribution in [0.25, 0.3) is 0 Å². The van der Waals surface area contributed by atoms with Crippen molar-refractivity contribution in [3.05, 3.63) is 35.4 Å². The molecule has 1 aromatic rings. The molecule has 16 heavy (non-hydrogen) atoms. The molecule has 0 aromatic heterocycles. The monoisotopic (exact) mass is 218 g/mol. The minimum absolute atomic E-state index is 0.136. The van der Waals surface area contributed by atoms with Crippen LogP contribution in [0, 0.1) is 11.3 Å². The highest BCUT2D eigenvalue weighted by Crippen LogP contribution is 2.13. The Labute approximate surface area is 94.0 Å². The summed E-state index contributed by atoms with van der Waals surface area (Å²) in [5, 5.41) is 7.35. The van der Waals surface area contributed by atoms with E-state index in [0.717, 1.165) is 6.29 Å². The van der Waals surface area contributed by atoms with Crippen LogP contribution in [-0.2, 0) is 4.79 Å². The fraction of sp³-hybridized carbons (Fsp3) is 0.250. The zero-order chi connectivity index (χ0) is 12.1. The quantitative estimate of drug-likeness (QED) is 0.339. The van der Waals surface area contributed by atoms with E-state index in [0.29, 0.717) is 11.1 Å². The number of nitrogens with two attached hydrogens (primary N) is 1. The van der Waals surface area contributed by atoms with Gasteiger partial charge in [0.2, 0.25) is 0 Å². The smallest absolute Gasteiger partial charge is 0.164 e. The number of ketones is 1. The maximum absolute atomic E-state index is 11.8. The summed E-state index contributed by atoms with van der Waals surface area (Å²) in [5.74, 6) is -0.611. The maximum Gasteiger partial charge on any atom is 0.164 e. The third-order valence-corrected chi connectivity index (χ3v) is 2.26. The standard InChI is InChI=1S/C12H14N2O2/c1-8(7-15)6-11(16)9-4-2-3-5-10(9)12(13)14/h2-5,7-8H,6H2,1H3,(H3,13,14). The van der Waals surface area contributed by atoms with E-state index in [9.17, 15) is 9.59 Å². The average molecular weight is 218 g/mol. The van der Waals surface area contributed by atoms with Gasteiger partial charge in [0.05, 0.1) is 0 Å². The largest absolute Gasteiger partial charge is 0.384 e. The van der Waals surface area contributed by atoms with Crippen LogP contribution in [0.1, 0.15) is 29.3 Å². The van der Waals surface area contributed by atoms with E-state index in [1.165, 1.54) is 0 Å². The van der Waals surface area contributed by atoms with Gasteiger partial charge in [0.25, 0.3) is 0 Å². The van der Waals surface area contributed by atoms with Crippen molar-refractivity contribution in [1.82, 2.24) is 0 Å². The van der Waals surface area contributed by atoms with Crippen molar-refractivity contribution >= 4 is 17.9 Å². The molecule has 4 heteroatoms. The zero-order valence-electron chi connectivity index (χ0n) is 9.07. The van der Waals surface area contributed by atoms with E-state index in [4.69, 9.17) is 11.1 Å². The first-order chi connectivity index (χ1) is 7.56. The summed E-state index contributed by atoms with van der Waals surface area (Å²) >= 11 is 0. The van der Waals surface area contributed by atoms with Crippen LogP contribution < -0.4 is 5.73 Å². The van der Waals surface area contributed by atoms with Gasteiger partial charge in [0.1, 0.15) is 12.1 Å². The Morgan fingerprint density at radius 2 is 2.00 bits per heavy atom. The van der Waals surface area contributed by atoms with Crippen molar-refractivity contribution in [2.24, 2.45) is 11.7 Å². The van der Waals surface area contributed by atoms with Crippen LogP contribution in [-0.4, -0.2) is 17.9 Å². The molecule has 0 saturated heterocycles. The number of benzene rings is 1. The molecule has 0 bridgehead atoms. The molecule has 0 aliphatic rings. The Morgan fingerprint density at radius 1 is 1.44 bits per heavy atom. The Balaban J connectivity index is 2.99. The Kier molecular flexibility index (Phi) is 3.94. The Morgan fingerprint density at radius 3 is 2.50 bits per heavy atom. The van der Waals surface area contributed by atoms with Crippen LogP contribution in [0.5, 0.6) is 0 Å². The van der Waals surface area contributed by atoms with Crippen molar-refractivity contribution in [3.8, 4) is 0 Å². The lowest BCUT2D eigenvalue weighted by molar-refractivity contribution is -0.110. The van der Waals surface area contributed by atoms with Crippen LogP contribution in [0.4, 0.5) is 0 Å². The number of hydrogen-bond acceptors (Lipinski definition) is 3. The van der Waals surface area contributed by atoms with Crippen molar-refractivity contribution in [2.45, 2.75) is 13.3 Å². The lowest BCUT2D eigenvalue weighted by Gasteiger charge is -2.07. The minimum atomic E-state index is -0.312. The number of aldehydes is 1. The summed E-state index contributed by atoms with van der Waals surface area (Å²) in [7, 11) is 0. The Hall–Kier alpha value is -1.97. The summed E-state index contributed by atoms with van der Waals surface area (Å²) in [6, 6.07) is 6.68. The highest BCUT2D eigenvalue weighted by Gasteiger charge is 2.15. The molecule has 1 atom stereocenters. The van der Waals surface area contributed by atoms with Gasteiger partial charge in [0, 0.05) is 23.5 Å². The van der Waals surface area contributed by atoms with Gasteiger partial charge in [-0.05, 0) is 0 Å². The molecular weight excluding hydrogens is 204 g/mol. The molecule has 0 aliphatic carbocycles. The van der Waals surface area contributed by atoms with E-state index in [2.05, 4.69) is 0 Å². The highest BCUT2D eigenvalue weighted by molar-refractivity contribution is 6.08. The van der Waals surface area contributed by atoms with E-state index in [1.54, 1.807) is 31.2 Å². The highest BCUT2D eigenvalue weighted by atomic mass is 16.1. The van der Waals surface area contributed by atoms with Crippen LogP contribution in [0.15, 0.2) is 24.3 Å². The topological polar surface area (TPSA) is 84.0 Å². The van der Waals surface area contributed by atoms with E-state index in [-0.39, 0.29) is 24.0 Å². The number of hydrogen-bond donors (Lipinski definition) is 2. The first-order valence-corrected chi connectivity index (χ1v) is 4.98. The number of carbonyl (C=O) groups is 2. The maximum atomic E-state index is 11.8. The van der Waals surface area contributed by atoms with E-state index in [1.807, 2.05) is 0 Å². The summed E-state index contributed by atoms with van der Waals surface area (Å²) in [6.07, 6.45) is 0.891. The fourth-order valence-electron chi connectivity index (χ4n) is 1.41. The summed E-state index contributed by atoms with van der Waals surface area (Å²) in [4.78, 5) is 22.3. The molecule has 1 rings (SSSR count). The number of carbonyl (C=O) groups excluding carboxylic acids is 2. The summed E-state index contributed by atoms with van der Waals surface area (Å²) < 4.78 is 0. The van der Waals surface area contributed by atoms with Crippen LogP contribution in [0.2, 0.25) is 0 Å². The SMILES string of the molecule is CC(C=O)CC(=O)c1ccccc1C(=N)N. The molecule has 1 aromatic carbocycles. The predicted molar refractivity (Wildman–Crippen MR) is 61.6 cm³/mol. The predicted octanol–water partition coefficient (Wildman–Crippen LogP) is 1.38. The molecular formula is C12H14N2O2. The van der Waals surface area contributed by atoms with Crippen molar-refractivity contribution < 1.29 is 9.59 Å². The number of Topliss-reactive ketones (excluding diaryl/α,β-unsaturated/α-hetero) is 1. The lowest BCUT2D eigenvalue weighted by atomic mass is 9.96. The van der Waals surface area contributed by atoms with Gasteiger partial charge in [-0.2, -0.15) is 0 Å². The Bertz CT molecular complexity index is 427. The third kappa shape index (κ3) is 2.76. The number of amidine groups is 1. The molecule has 0 aliphatic heterocycles. The first kappa shape index (κ1) is 12.1. The van der Waals surface area contributed by atoms with Crippen molar-refractivity contribution in [1.29, 1.82) is 5.41 Å². The van der Waals surface area contributed by atoms with Gasteiger partial charge in [-0.15, -0.1) is 0 Å². The lowest BCUT2D eigenvalue weighted by Crippen LogP contribution is -2.17. The van der Waals surface area contributed by atoms with Gasteiger partial charge in [-0.25, -0.2) is 0 Å². The molecule has 0 radical (unpaired) electrons. The van der Waals surface area contributed by atoms with Crippen molar-refractivity contribution in [2.75, 3.05) is 0 Å². The van der Waals surface area contributed by atoms with Gasteiger partial charge < -0.3 is 10.5 Å². The van der Waals surface area contributed by atoms with E-state index < -0.39 is 0 Å². The molecule has 0 amide bonds. The summed E-state index contributed by atoms with van der Waals surface area (Å²) in [6.45, 7) is 1.68. The number of nitrogen functional groups attached to an aromatic ring is 1. The van der Waals surface area contributed by atoms with E-state index >= 15 is 0 Å². The number of rotatable bonds is 5. The van der Waals surface area contributed by atoms with Gasteiger partial charge in [-0.1, -0.05) is 31.2 Å². The van der Waals surface area contributed by atoms with Gasteiger partial charge in [0.15, 0.2) is 5.78 Å². The molecule has 3 N–H and O–H groups in total. The van der Waals surface area contributed by atoms with Crippen molar-refractivity contribution in [3.63, 3.8) is 0 Å². The molecule has 1 unspecified atom stereocenters. The first-order valence-electron chi connectivity index (χ1n) is 4.98. The molecule has 4 nitrogen and oxygen atoms in total. The van der Waals surface area contributed by atoms with Gasteiger partial charge in [-0.3, -0.25) is 10.2 Å². The second kappa shape index (κ2) is 5.21. The normalized spacial score (nSPS) is 11.8. The van der Waals surface area contributed by atoms with Crippen LogP contribution in [0.3, 0.4) is 0 Å². The minimum Gasteiger partial charge on any atom is -0.384 e. The molecule has 0 saturated carbocycles. The molecule has 0 heterocycles. The second-order valence-corrected chi connectivity index (χ2v) is 3.70. The van der Waals surface area contributed by atoms with Crippen LogP contribution >= 0.6 is 0 Å². The molecule has 84 valence electrons.